The number of allylic oxidation sites excluding steroid dienone is 1. The maximum absolute atomic E-state index is 12.2. The summed E-state index contributed by atoms with van der Waals surface area (Å²) in [5.74, 6) is -1.43. The van der Waals surface area contributed by atoms with Gasteiger partial charge in [-0.15, -0.1) is 0 Å². The van der Waals surface area contributed by atoms with Gasteiger partial charge in [0.25, 0.3) is 5.91 Å². The second-order valence-corrected chi connectivity index (χ2v) is 6.68. The summed E-state index contributed by atoms with van der Waals surface area (Å²) in [5.41, 5.74) is 1.69. The molecule has 1 aliphatic rings. The fraction of sp³-hybridized carbons (Fsp3) is 0.154. The highest BCUT2D eigenvalue weighted by Gasteiger charge is 2.34. The van der Waals surface area contributed by atoms with E-state index < -0.39 is 12.5 Å². The van der Waals surface area contributed by atoms with E-state index in [9.17, 15) is 9.59 Å². The largest absolute Gasteiger partial charge is 0.480 e. The van der Waals surface area contributed by atoms with Crippen LogP contribution in [0.2, 0.25) is 0 Å². The summed E-state index contributed by atoms with van der Waals surface area (Å²) in [6.07, 6.45) is 0. The third-order valence-corrected chi connectivity index (χ3v) is 4.78. The van der Waals surface area contributed by atoms with Crippen molar-refractivity contribution in [3.8, 4) is 0 Å². The first-order valence-corrected chi connectivity index (χ1v) is 7.64. The fourth-order valence-electron chi connectivity index (χ4n) is 1.75. The Kier molecular flexibility index (Phi) is 4.62. The number of thiocarbonyl (C=S) groups is 1. The molecule has 20 heavy (non-hydrogen) atoms. The van der Waals surface area contributed by atoms with E-state index in [0.29, 0.717) is 4.91 Å². The van der Waals surface area contributed by atoms with Crippen LogP contribution < -0.4 is 0 Å². The second-order valence-electron chi connectivity index (χ2n) is 4.12. The van der Waals surface area contributed by atoms with Crippen molar-refractivity contribution < 1.29 is 14.7 Å². The van der Waals surface area contributed by atoms with Gasteiger partial charge >= 0.3 is 5.97 Å². The summed E-state index contributed by atoms with van der Waals surface area (Å²) in [4.78, 5) is 24.6. The number of hydrogen-bond acceptors (Lipinski definition) is 4. The Balaban J connectivity index is 2.38. The second kappa shape index (κ2) is 6.07. The maximum Gasteiger partial charge on any atom is 0.323 e. The van der Waals surface area contributed by atoms with E-state index in [4.69, 9.17) is 17.3 Å². The van der Waals surface area contributed by atoms with Gasteiger partial charge in [0, 0.05) is 4.47 Å². The van der Waals surface area contributed by atoms with Gasteiger partial charge < -0.3 is 5.11 Å². The number of carboxylic acids is 1. The SMILES string of the molecule is C/C(=C1\SC(=S)N(CC(=O)O)C1=O)c1cccc(Br)c1. The first-order chi connectivity index (χ1) is 9.40. The third-order valence-electron chi connectivity index (χ3n) is 2.74. The highest BCUT2D eigenvalue weighted by molar-refractivity contribution is 9.10. The number of benzene rings is 1. The molecule has 1 aromatic rings. The molecular formula is C13H10BrNO3S2. The van der Waals surface area contributed by atoms with Crippen molar-refractivity contribution in [3.05, 3.63) is 39.2 Å². The third kappa shape index (κ3) is 3.11. The Labute approximate surface area is 134 Å². The number of nitrogens with zero attached hydrogens (tertiary/aromatic N) is 1. The number of carbonyl (C=O) groups is 2. The van der Waals surface area contributed by atoms with Crippen molar-refractivity contribution in [2.45, 2.75) is 6.92 Å². The lowest BCUT2D eigenvalue weighted by Gasteiger charge is -2.10. The average molecular weight is 372 g/mol. The molecule has 104 valence electrons. The van der Waals surface area contributed by atoms with Gasteiger partial charge in [0.15, 0.2) is 0 Å². The molecule has 0 saturated carbocycles. The van der Waals surface area contributed by atoms with E-state index in [1.165, 1.54) is 0 Å². The summed E-state index contributed by atoms with van der Waals surface area (Å²) in [6.45, 7) is 1.43. The first kappa shape index (κ1) is 15.2. The molecule has 1 aliphatic heterocycles. The van der Waals surface area contributed by atoms with E-state index in [1.807, 2.05) is 31.2 Å². The number of hydrogen-bond donors (Lipinski definition) is 1. The smallest absolute Gasteiger partial charge is 0.323 e. The van der Waals surface area contributed by atoms with Gasteiger partial charge in [-0.25, -0.2) is 0 Å². The van der Waals surface area contributed by atoms with Crippen molar-refractivity contribution in [1.29, 1.82) is 0 Å². The number of carbonyl (C=O) groups excluding carboxylic acids is 1. The minimum absolute atomic E-state index is 0.279. The molecule has 1 heterocycles. The Hall–Kier alpha value is -1.18. The van der Waals surface area contributed by atoms with Gasteiger partial charge in [-0.2, -0.15) is 0 Å². The van der Waals surface area contributed by atoms with Crippen molar-refractivity contribution in [2.75, 3.05) is 6.54 Å². The van der Waals surface area contributed by atoms with Crippen LogP contribution in [0.1, 0.15) is 12.5 Å². The quantitative estimate of drug-likeness (QED) is 0.653. The first-order valence-electron chi connectivity index (χ1n) is 5.62. The Morgan fingerprint density at radius 1 is 1.50 bits per heavy atom. The maximum atomic E-state index is 12.2. The molecule has 1 N–H and O–H groups in total. The van der Waals surface area contributed by atoms with E-state index >= 15 is 0 Å². The molecule has 0 aliphatic carbocycles. The molecule has 0 bridgehead atoms. The Morgan fingerprint density at radius 2 is 2.20 bits per heavy atom. The van der Waals surface area contributed by atoms with Gasteiger partial charge in [0.05, 0.1) is 4.91 Å². The van der Waals surface area contributed by atoms with Gasteiger partial charge in [0.1, 0.15) is 10.9 Å². The molecule has 2 rings (SSSR count). The van der Waals surface area contributed by atoms with Crippen LogP contribution in [0.5, 0.6) is 0 Å². The van der Waals surface area contributed by atoms with Crippen LogP contribution in [0.15, 0.2) is 33.6 Å². The summed E-state index contributed by atoms with van der Waals surface area (Å²) >= 11 is 9.59. The molecule has 1 saturated heterocycles. The highest BCUT2D eigenvalue weighted by Crippen LogP contribution is 2.36. The summed E-state index contributed by atoms with van der Waals surface area (Å²) in [6, 6.07) is 7.57. The van der Waals surface area contributed by atoms with Crippen LogP contribution in [0, 0.1) is 0 Å². The van der Waals surface area contributed by atoms with Gasteiger partial charge in [-0.3, -0.25) is 14.5 Å². The summed E-state index contributed by atoms with van der Waals surface area (Å²) in [7, 11) is 0. The fourth-order valence-corrected chi connectivity index (χ4v) is 3.45. The van der Waals surface area contributed by atoms with Gasteiger partial charge in [-0.05, 0) is 30.2 Å². The Bertz CT molecular complexity index is 642. The minimum atomic E-state index is -1.08. The van der Waals surface area contributed by atoms with Crippen molar-refractivity contribution >= 4 is 61.7 Å². The highest BCUT2D eigenvalue weighted by atomic mass is 79.9. The Morgan fingerprint density at radius 3 is 2.80 bits per heavy atom. The molecule has 4 nitrogen and oxygen atoms in total. The van der Waals surface area contributed by atoms with Gasteiger partial charge in [-0.1, -0.05) is 52.0 Å². The predicted octanol–water partition coefficient (Wildman–Crippen LogP) is 3.13. The van der Waals surface area contributed by atoms with Crippen LogP contribution in [-0.2, 0) is 9.59 Å². The number of aliphatic carboxylic acids is 1. The summed E-state index contributed by atoms with van der Waals surface area (Å²) < 4.78 is 1.19. The minimum Gasteiger partial charge on any atom is -0.480 e. The number of amides is 1. The molecule has 1 aromatic carbocycles. The van der Waals surface area contributed by atoms with Crippen molar-refractivity contribution in [2.24, 2.45) is 0 Å². The molecule has 0 atom stereocenters. The number of thioether (sulfide) groups is 1. The van der Waals surface area contributed by atoms with E-state index in [2.05, 4.69) is 15.9 Å². The monoisotopic (exact) mass is 371 g/mol. The topological polar surface area (TPSA) is 57.6 Å². The lowest BCUT2D eigenvalue weighted by molar-refractivity contribution is -0.140. The van der Waals surface area contributed by atoms with E-state index in [-0.39, 0.29) is 10.2 Å². The van der Waals surface area contributed by atoms with Crippen LogP contribution >= 0.6 is 39.9 Å². The summed E-state index contributed by atoms with van der Waals surface area (Å²) in [5, 5.41) is 8.80. The van der Waals surface area contributed by atoms with Crippen molar-refractivity contribution in [3.63, 3.8) is 0 Å². The average Bonchev–Trinajstić information content (AvgIpc) is 2.65. The van der Waals surface area contributed by atoms with Crippen LogP contribution in [0.3, 0.4) is 0 Å². The van der Waals surface area contributed by atoms with Crippen molar-refractivity contribution in [1.82, 2.24) is 4.90 Å². The normalized spacial score (nSPS) is 17.6. The lowest BCUT2D eigenvalue weighted by atomic mass is 10.1. The lowest BCUT2D eigenvalue weighted by Crippen LogP contribution is -2.33. The standard InChI is InChI=1S/C13H10BrNO3S2/c1-7(8-3-2-4-9(14)5-8)11-12(18)15(6-10(16)17)13(19)20-11/h2-5H,6H2,1H3,(H,16,17)/b11-7+. The molecule has 1 fully saturated rings. The number of carboxylic acid groups (broad SMARTS) is 1. The number of rotatable bonds is 3. The molecule has 0 spiro atoms. The molecule has 0 aromatic heterocycles. The van der Waals surface area contributed by atoms with E-state index in [0.717, 1.165) is 32.3 Å². The van der Waals surface area contributed by atoms with Crippen LogP contribution in [0.25, 0.3) is 5.57 Å². The predicted molar refractivity (Wildman–Crippen MR) is 86.3 cm³/mol. The zero-order chi connectivity index (χ0) is 14.9. The molecule has 0 radical (unpaired) electrons. The molecular weight excluding hydrogens is 362 g/mol. The van der Waals surface area contributed by atoms with Gasteiger partial charge in [0.2, 0.25) is 0 Å². The molecule has 1 amide bonds. The van der Waals surface area contributed by atoms with E-state index in [1.54, 1.807) is 0 Å². The molecule has 7 heteroatoms. The molecule has 0 unspecified atom stereocenters. The number of halogens is 1. The van der Waals surface area contributed by atoms with Crippen LogP contribution in [-0.4, -0.2) is 32.7 Å². The zero-order valence-corrected chi connectivity index (χ0v) is 13.6. The van der Waals surface area contributed by atoms with Crippen LogP contribution in [0.4, 0.5) is 0 Å². The zero-order valence-electron chi connectivity index (χ0n) is 10.4.